The van der Waals surface area contributed by atoms with Gasteiger partial charge in [0.05, 0.1) is 0 Å². The number of piperazine rings is 1. The Morgan fingerprint density at radius 3 is 2.37 bits per heavy atom. The molecule has 0 unspecified atom stereocenters. The van der Waals surface area contributed by atoms with Crippen molar-refractivity contribution in [2.75, 3.05) is 38.0 Å². The Morgan fingerprint density at radius 2 is 1.67 bits per heavy atom. The Morgan fingerprint density at radius 1 is 0.933 bits per heavy atom. The third kappa shape index (κ3) is 4.86. The van der Waals surface area contributed by atoms with Crippen molar-refractivity contribution in [2.24, 2.45) is 0 Å². The smallest absolute Gasteiger partial charge is 0.253 e. The number of rotatable bonds is 6. The highest BCUT2D eigenvalue weighted by Crippen LogP contribution is 2.20. The highest BCUT2D eigenvalue weighted by atomic mass is 16.2. The molecule has 0 saturated carbocycles. The van der Waals surface area contributed by atoms with E-state index in [1.54, 1.807) is 0 Å². The largest absolute Gasteiger partial charge is 0.381 e. The van der Waals surface area contributed by atoms with Crippen molar-refractivity contribution in [1.82, 2.24) is 14.8 Å². The average molecular weight is 401 g/mol. The van der Waals surface area contributed by atoms with Crippen LogP contribution in [0.25, 0.3) is 11.1 Å². The van der Waals surface area contributed by atoms with Crippen LogP contribution >= 0.6 is 0 Å². The molecule has 2 aromatic carbocycles. The van der Waals surface area contributed by atoms with Crippen LogP contribution in [0.1, 0.15) is 22.8 Å². The summed E-state index contributed by atoms with van der Waals surface area (Å²) in [4.78, 5) is 21.2. The normalized spacial score (nSPS) is 14.5. The second kappa shape index (κ2) is 9.55. The number of benzene rings is 2. The summed E-state index contributed by atoms with van der Waals surface area (Å²) >= 11 is 0. The number of amides is 1. The summed E-state index contributed by atoms with van der Waals surface area (Å²) in [5.74, 6) is 0.127. The summed E-state index contributed by atoms with van der Waals surface area (Å²) in [5, 5.41) is 3.45. The maximum Gasteiger partial charge on any atom is 0.253 e. The molecule has 4 rings (SSSR count). The number of hydrogen-bond acceptors (Lipinski definition) is 4. The Kier molecular flexibility index (Phi) is 6.40. The lowest BCUT2D eigenvalue weighted by molar-refractivity contribution is 0.0643. The Balaban J connectivity index is 1.35. The van der Waals surface area contributed by atoms with Gasteiger partial charge in [0.1, 0.15) is 0 Å². The van der Waals surface area contributed by atoms with Gasteiger partial charge in [-0.2, -0.15) is 0 Å². The van der Waals surface area contributed by atoms with Crippen LogP contribution in [0.4, 0.5) is 5.69 Å². The van der Waals surface area contributed by atoms with Crippen molar-refractivity contribution in [2.45, 2.75) is 13.5 Å². The van der Waals surface area contributed by atoms with Gasteiger partial charge in [-0.25, -0.2) is 0 Å². The third-order valence-electron chi connectivity index (χ3n) is 5.68. The summed E-state index contributed by atoms with van der Waals surface area (Å²) < 4.78 is 0. The number of nitrogens with one attached hydrogen (secondary N) is 1. The maximum atomic E-state index is 12.7. The van der Waals surface area contributed by atoms with Gasteiger partial charge in [-0.1, -0.05) is 25.1 Å². The second-order valence-corrected chi connectivity index (χ2v) is 7.59. The zero-order chi connectivity index (χ0) is 20.8. The van der Waals surface area contributed by atoms with Crippen molar-refractivity contribution in [1.29, 1.82) is 0 Å². The van der Waals surface area contributed by atoms with Crippen LogP contribution in [-0.2, 0) is 6.54 Å². The Bertz CT molecular complexity index is 964. The van der Waals surface area contributed by atoms with Gasteiger partial charge in [0.2, 0.25) is 0 Å². The average Bonchev–Trinajstić information content (AvgIpc) is 2.83. The van der Waals surface area contributed by atoms with Crippen molar-refractivity contribution < 1.29 is 4.79 Å². The fourth-order valence-corrected chi connectivity index (χ4v) is 3.79. The van der Waals surface area contributed by atoms with Gasteiger partial charge in [0, 0.05) is 56.4 Å². The molecule has 0 radical (unpaired) electrons. The van der Waals surface area contributed by atoms with Gasteiger partial charge in [-0.05, 0) is 65.7 Å². The highest BCUT2D eigenvalue weighted by Gasteiger charge is 2.21. The van der Waals surface area contributed by atoms with Crippen LogP contribution in [0, 0.1) is 0 Å². The van der Waals surface area contributed by atoms with Crippen LogP contribution in [0.3, 0.4) is 0 Å². The number of carbonyl (C=O) groups excluding carboxylic acids is 1. The molecule has 154 valence electrons. The molecule has 1 amide bonds. The highest BCUT2D eigenvalue weighted by molar-refractivity contribution is 5.94. The number of nitrogens with zero attached hydrogens (tertiary/aromatic N) is 3. The van der Waals surface area contributed by atoms with Crippen LogP contribution < -0.4 is 5.32 Å². The molecule has 2 heterocycles. The van der Waals surface area contributed by atoms with Gasteiger partial charge in [0.15, 0.2) is 0 Å². The minimum absolute atomic E-state index is 0.127. The molecule has 0 bridgehead atoms. The molecule has 0 atom stereocenters. The van der Waals surface area contributed by atoms with Crippen LogP contribution in [0.2, 0.25) is 0 Å². The number of carbonyl (C=O) groups is 1. The molecule has 0 spiro atoms. The van der Waals surface area contributed by atoms with Crippen molar-refractivity contribution in [3.63, 3.8) is 0 Å². The molecule has 1 fully saturated rings. The second-order valence-electron chi connectivity index (χ2n) is 7.59. The molecule has 1 aliphatic heterocycles. The summed E-state index contributed by atoms with van der Waals surface area (Å²) in [6, 6.07) is 20.3. The number of aromatic nitrogens is 1. The third-order valence-corrected chi connectivity index (χ3v) is 5.68. The molecule has 1 aliphatic rings. The standard InChI is InChI=1S/C25H28N4O/c1-2-28-14-16-29(17-15-28)25(30)22-6-8-24(9-7-22)27-19-20-4-3-5-23(18-20)21-10-12-26-13-11-21/h3-13,18,27H,2,14-17,19H2,1H3. The first-order valence-electron chi connectivity index (χ1n) is 10.6. The number of anilines is 1. The van der Waals surface area contributed by atoms with Crippen molar-refractivity contribution in [3.8, 4) is 11.1 Å². The number of pyridine rings is 1. The monoisotopic (exact) mass is 400 g/mol. The van der Waals surface area contributed by atoms with Crippen LogP contribution in [-0.4, -0.2) is 53.4 Å². The quantitative estimate of drug-likeness (QED) is 0.676. The Labute approximate surface area is 178 Å². The lowest BCUT2D eigenvalue weighted by Gasteiger charge is -2.34. The summed E-state index contributed by atoms with van der Waals surface area (Å²) in [7, 11) is 0. The van der Waals surface area contributed by atoms with Crippen molar-refractivity contribution >= 4 is 11.6 Å². The van der Waals surface area contributed by atoms with Gasteiger partial charge in [-0.15, -0.1) is 0 Å². The van der Waals surface area contributed by atoms with E-state index in [0.29, 0.717) is 0 Å². The molecule has 0 aliphatic carbocycles. The van der Waals surface area contributed by atoms with E-state index in [1.165, 1.54) is 11.1 Å². The summed E-state index contributed by atoms with van der Waals surface area (Å²) in [6.45, 7) is 7.47. The zero-order valence-electron chi connectivity index (χ0n) is 17.4. The molecule has 5 heteroatoms. The first-order chi connectivity index (χ1) is 14.7. The van der Waals surface area contributed by atoms with E-state index < -0.39 is 0 Å². The van der Waals surface area contributed by atoms with Crippen LogP contribution in [0.5, 0.6) is 0 Å². The van der Waals surface area contributed by atoms with Gasteiger partial charge in [0.25, 0.3) is 5.91 Å². The van der Waals surface area contributed by atoms with E-state index in [9.17, 15) is 4.79 Å². The summed E-state index contributed by atoms with van der Waals surface area (Å²) in [6.07, 6.45) is 3.62. The van der Waals surface area contributed by atoms with E-state index in [1.807, 2.05) is 53.7 Å². The summed E-state index contributed by atoms with van der Waals surface area (Å²) in [5.41, 5.74) is 5.32. The van der Waals surface area contributed by atoms with Crippen molar-refractivity contribution in [3.05, 3.63) is 84.2 Å². The lowest BCUT2D eigenvalue weighted by atomic mass is 10.0. The molecule has 3 aromatic rings. The van der Waals surface area contributed by atoms with E-state index in [2.05, 4.69) is 46.4 Å². The fraction of sp³-hybridized carbons (Fsp3) is 0.280. The lowest BCUT2D eigenvalue weighted by Crippen LogP contribution is -2.48. The molecule has 1 aromatic heterocycles. The van der Waals surface area contributed by atoms with Gasteiger partial charge < -0.3 is 15.1 Å². The van der Waals surface area contributed by atoms with E-state index in [4.69, 9.17) is 0 Å². The van der Waals surface area contributed by atoms with E-state index in [-0.39, 0.29) is 5.91 Å². The number of hydrogen-bond donors (Lipinski definition) is 1. The predicted molar refractivity (Wildman–Crippen MR) is 121 cm³/mol. The van der Waals surface area contributed by atoms with E-state index >= 15 is 0 Å². The molecular weight excluding hydrogens is 372 g/mol. The molecule has 5 nitrogen and oxygen atoms in total. The Hall–Kier alpha value is -3.18. The molecule has 30 heavy (non-hydrogen) atoms. The first-order valence-corrected chi connectivity index (χ1v) is 10.6. The van der Waals surface area contributed by atoms with E-state index in [0.717, 1.165) is 56.1 Å². The fourth-order valence-electron chi connectivity index (χ4n) is 3.79. The maximum absolute atomic E-state index is 12.7. The molecule has 1 N–H and O–H groups in total. The predicted octanol–water partition coefficient (Wildman–Crippen LogP) is 4.14. The SMILES string of the molecule is CCN1CCN(C(=O)c2ccc(NCc3cccc(-c4ccncc4)c3)cc2)CC1. The zero-order valence-corrected chi connectivity index (χ0v) is 17.4. The van der Waals surface area contributed by atoms with Gasteiger partial charge in [-0.3, -0.25) is 9.78 Å². The van der Waals surface area contributed by atoms with Crippen LogP contribution in [0.15, 0.2) is 73.1 Å². The topological polar surface area (TPSA) is 48.5 Å². The molecular formula is C25H28N4O. The minimum Gasteiger partial charge on any atom is -0.381 e. The number of likely N-dealkylation sites (N-methyl/N-ethyl adjacent to an activating group) is 1. The first kappa shape index (κ1) is 20.1. The minimum atomic E-state index is 0.127. The molecule has 1 saturated heterocycles. The van der Waals surface area contributed by atoms with Gasteiger partial charge >= 0.3 is 0 Å².